The minimum Gasteiger partial charge on any atom is -0.384 e. The van der Waals surface area contributed by atoms with Gasteiger partial charge in [0, 0.05) is 13.1 Å². The van der Waals surface area contributed by atoms with Crippen LogP contribution in [0.1, 0.15) is 0 Å². The molecule has 4 nitrogen and oxygen atoms in total. The molecular weight excluding hydrogens is 170 g/mol. The van der Waals surface area contributed by atoms with E-state index in [-0.39, 0.29) is 6.61 Å². The predicted octanol–water partition coefficient (Wildman–Crippen LogP) is -1.01. The Morgan fingerprint density at radius 2 is 2.15 bits per heavy atom. The van der Waals surface area contributed by atoms with Gasteiger partial charge >= 0.3 is 0 Å². The van der Waals surface area contributed by atoms with Crippen LogP contribution in [0.3, 0.4) is 0 Å². The summed E-state index contributed by atoms with van der Waals surface area (Å²) in [7, 11) is 0. The molecule has 74 valence electrons. The van der Waals surface area contributed by atoms with E-state index in [2.05, 4.69) is 17.2 Å². The second-order valence-corrected chi connectivity index (χ2v) is 2.72. The van der Waals surface area contributed by atoms with E-state index in [1.54, 1.807) is 0 Å². The van der Waals surface area contributed by atoms with Crippen LogP contribution in [0.4, 0.5) is 0 Å². The Balaban J connectivity index is 1.78. The molecular formula is C9H15NO3. The molecule has 1 saturated heterocycles. The van der Waals surface area contributed by atoms with Gasteiger partial charge in [-0.15, -0.1) is 0 Å². The van der Waals surface area contributed by atoms with Crippen molar-refractivity contribution in [3.8, 4) is 11.8 Å². The molecule has 0 spiro atoms. The quantitative estimate of drug-likeness (QED) is 0.425. The van der Waals surface area contributed by atoms with Crippen LogP contribution in [-0.4, -0.2) is 50.7 Å². The first-order valence-corrected chi connectivity index (χ1v) is 4.40. The first kappa shape index (κ1) is 10.5. The molecule has 2 N–H and O–H groups in total. The van der Waals surface area contributed by atoms with Gasteiger partial charge in [-0.25, -0.2) is 0 Å². The molecule has 0 aromatic rings. The van der Waals surface area contributed by atoms with E-state index in [1.165, 1.54) is 0 Å². The fourth-order valence-corrected chi connectivity index (χ4v) is 0.884. The highest BCUT2D eigenvalue weighted by Gasteiger charge is 2.15. The highest BCUT2D eigenvalue weighted by molar-refractivity contribution is 4.98. The van der Waals surface area contributed by atoms with Gasteiger partial charge in [-0.3, -0.25) is 0 Å². The lowest BCUT2D eigenvalue weighted by molar-refractivity contribution is -0.0117. The maximum atomic E-state index is 8.32. The van der Waals surface area contributed by atoms with Crippen LogP contribution in [0.2, 0.25) is 0 Å². The minimum absolute atomic E-state index is 0.104. The fourth-order valence-electron chi connectivity index (χ4n) is 0.884. The van der Waals surface area contributed by atoms with E-state index in [1.807, 2.05) is 0 Å². The lowest BCUT2D eigenvalue weighted by Gasteiger charge is -2.26. The predicted molar refractivity (Wildman–Crippen MR) is 48.3 cm³/mol. The van der Waals surface area contributed by atoms with Gasteiger partial charge in [-0.2, -0.15) is 0 Å². The van der Waals surface area contributed by atoms with E-state index in [0.717, 1.165) is 13.1 Å². The number of ether oxygens (including phenoxy) is 2. The first-order valence-electron chi connectivity index (χ1n) is 4.40. The average molecular weight is 185 g/mol. The van der Waals surface area contributed by atoms with Crippen LogP contribution in [0.15, 0.2) is 0 Å². The zero-order valence-corrected chi connectivity index (χ0v) is 7.58. The minimum atomic E-state index is -0.104. The molecule has 0 bridgehead atoms. The van der Waals surface area contributed by atoms with Crippen molar-refractivity contribution in [2.75, 3.05) is 39.5 Å². The van der Waals surface area contributed by atoms with Gasteiger partial charge in [0.25, 0.3) is 0 Å². The van der Waals surface area contributed by atoms with Crippen LogP contribution in [-0.2, 0) is 9.47 Å². The summed E-state index contributed by atoms with van der Waals surface area (Å²) in [5.41, 5.74) is 0. The Hall–Kier alpha value is -0.600. The zero-order chi connectivity index (χ0) is 9.36. The van der Waals surface area contributed by atoms with E-state index in [0.29, 0.717) is 25.9 Å². The number of rotatable bonds is 5. The lowest BCUT2D eigenvalue weighted by Crippen LogP contribution is -2.48. The van der Waals surface area contributed by atoms with Crippen LogP contribution in [0.25, 0.3) is 0 Å². The Labute approximate surface area is 78.2 Å². The molecule has 0 aromatic heterocycles. The molecule has 0 aromatic carbocycles. The van der Waals surface area contributed by atoms with Crippen molar-refractivity contribution in [3.63, 3.8) is 0 Å². The van der Waals surface area contributed by atoms with E-state index in [9.17, 15) is 0 Å². The molecule has 0 radical (unpaired) electrons. The smallest absolute Gasteiger partial charge is 0.107 e. The van der Waals surface area contributed by atoms with E-state index >= 15 is 0 Å². The molecule has 1 rings (SSSR count). The van der Waals surface area contributed by atoms with Crippen LogP contribution < -0.4 is 5.32 Å². The molecule has 1 heterocycles. The topological polar surface area (TPSA) is 50.7 Å². The number of aliphatic hydroxyl groups is 1. The average Bonchev–Trinajstić information content (AvgIpc) is 2.07. The highest BCUT2D eigenvalue weighted by atomic mass is 16.5. The van der Waals surface area contributed by atoms with Crippen LogP contribution in [0, 0.1) is 11.8 Å². The molecule has 0 amide bonds. The highest BCUT2D eigenvalue weighted by Crippen LogP contribution is 1.96. The van der Waals surface area contributed by atoms with Crippen molar-refractivity contribution >= 4 is 0 Å². The summed E-state index contributed by atoms with van der Waals surface area (Å²) in [5, 5.41) is 11.4. The van der Waals surface area contributed by atoms with Crippen LogP contribution in [0.5, 0.6) is 0 Å². The van der Waals surface area contributed by atoms with Gasteiger partial charge in [0.05, 0.1) is 19.3 Å². The van der Waals surface area contributed by atoms with Gasteiger partial charge < -0.3 is 19.9 Å². The third-order valence-corrected chi connectivity index (χ3v) is 1.70. The summed E-state index contributed by atoms with van der Waals surface area (Å²) in [6.07, 6.45) is 0.368. The maximum Gasteiger partial charge on any atom is 0.107 e. The third-order valence-electron chi connectivity index (χ3n) is 1.70. The third kappa shape index (κ3) is 4.86. The number of hydrogen-bond donors (Lipinski definition) is 2. The second-order valence-electron chi connectivity index (χ2n) is 2.72. The van der Waals surface area contributed by atoms with Crippen molar-refractivity contribution < 1.29 is 14.6 Å². The van der Waals surface area contributed by atoms with Gasteiger partial charge in [-0.1, -0.05) is 11.8 Å². The zero-order valence-electron chi connectivity index (χ0n) is 7.58. The number of nitrogens with one attached hydrogen (secondary N) is 1. The van der Waals surface area contributed by atoms with Crippen LogP contribution >= 0.6 is 0 Å². The summed E-state index contributed by atoms with van der Waals surface area (Å²) in [6.45, 7) is 3.35. The molecule has 1 aliphatic rings. The molecule has 1 aliphatic heterocycles. The standard InChI is InChI=1S/C9H15NO3/c11-3-1-2-4-12-5-6-13-9-7-10-8-9/h9-11H,3-8H2. The molecule has 13 heavy (non-hydrogen) atoms. The Morgan fingerprint density at radius 1 is 1.31 bits per heavy atom. The van der Waals surface area contributed by atoms with Gasteiger partial charge in [0.15, 0.2) is 0 Å². The van der Waals surface area contributed by atoms with Gasteiger partial charge in [-0.05, 0) is 0 Å². The molecule has 0 unspecified atom stereocenters. The molecule has 0 saturated carbocycles. The SMILES string of the molecule is OCC#CCOCCOC1CNC1. The monoisotopic (exact) mass is 185 g/mol. The van der Waals surface area contributed by atoms with E-state index < -0.39 is 0 Å². The Morgan fingerprint density at radius 3 is 2.77 bits per heavy atom. The number of hydrogen-bond acceptors (Lipinski definition) is 4. The molecule has 0 aliphatic carbocycles. The lowest BCUT2D eigenvalue weighted by atomic mass is 10.2. The molecule has 4 heteroatoms. The van der Waals surface area contributed by atoms with Crippen molar-refractivity contribution in [2.24, 2.45) is 0 Å². The van der Waals surface area contributed by atoms with Crippen molar-refractivity contribution in [1.29, 1.82) is 0 Å². The second kappa shape index (κ2) is 6.87. The summed E-state index contributed by atoms with van der Waals surface area (Å²) < 4.78 is 10.5. The first-order chi connectivity index (χ1) is 6.43. The Bertz CT molecular complexity index is 181. The van der Waals surface area contributed by atoms with Gasteiger partial charge in [0.2, 0.25) is 0 Å². The summed E-state index contributed by atoms with van der Waals surface area (Å²) in [4.78, 5) is 0. The maximum absolute atomic E-state index is 8.32. The van der Waals surface area contributed by atoms with E-state index in [4.69, 9.17) is 14.6 Å². The summed E-state index contributed by atoms with van der Waals surface area (Å²) in [6, 6.07) is 0. The molecule has 1 fully saturated rings. The van der Waals surface area contributed by atoms with Gasteiger partial charge in [0.1, 0.15) is 13.2 Å². The summed E-state index contributed by atoms with van der Waals surface area (Å²) >= 11 is 0. The van der Waals surface area contributed by atoms with Crippen molar-refractivity contribution in [1.82, 2.24) is 5.32 Å². The summed E-state index contributed by atoms with van der Waals surface area (Å²) in [5.74, 6) is 5.16. The number of aliphatic hydroxyl groups excluding tert-OH is 1. The normalized spacial score (nSPS) is 16.1. The molecule has 0 atom stereocenters. The van der Waals surface area contributed by atoms with Crippen molar-refractivity contribution in [2.45, 2.75) is 6.10 Å². The fraction of sp³-hybridized carbons (Fsp3) is 0.778. The van der Waals surface area contributed by atoms with Crippen molar-refractivity contribution in [3.05, 3.63) is 0 Å². The largest absolute Gasteiger partial charge is 0.384 e. The Kier molecular flexibility index (Phi) is 5.54.